The highest BCUT2D eigenvalue weighted by Gasteiger charge is 2.19. The molecule has 1 amide bonds. The number of carbonyl (C=O) groups is 1. The van der Waals surface area contributed by atoms with Gasteiger partial charge in [0.15, 0.2) is 0 Å². The van der Waals surface area contributed by atoms with Crippen molar-refractivity contribution in [3.63, 3.8) is 0 Å². The zero-order chi connectivity index (χ0) is 17.5. The zero-order valence-corrected chi connectivity index (χ0v) is 14.6. The fourth-order valence-corrected chi connectivity index (χ4v) is 3.12. The van der Waals surface area contributed by atoms with Crippen molar-refractivity contribution in [3.8, 4) is 0 Å². The number of ether oxygens (including phenoxy) is 1. The molecule has 0 spiro atoms. The van der Waals surface area contributed by atoms with Crippen LogP contribution in [0.25, 0.3) is 0 Å². The van der Waals surface area contributed by atoms with E-state index in [1.165, 1.54) is 0 Å². The van der Waals surface area contributed by atoms with E-state index in [2.05, 4.69) is 34.3 Å². The lowest BCUT2D eigenvalue weighted by molar-refractivity contribution is -0.122. The molecule has 1 aromatic carbocycles. The Morgan fingerprint density at radius 3 is 2.64 bits per heavy atom. The number of pyridine rings is 1. The smallest absolute Gasteiger partial charge is 0.222 e. The van der Waals surface area contributed by atoms with Crippen LogP contribution in [0.4, 0.5) is 0 Å². The van der Waals surface area contributed by atoms with Gasteiger partial charge in [-0.15, -0.1) is 0 Å². The van der Waals surface area contributed by atoms with Gasteiger partial charge in [-0.3, -0.25) is 14.7 Å². The SMILES string of the molecule is Cc1ccccc1[C@H](NC(=O)CCN1CCOCC1)c1ccncc1. The summed E-state index contributed by atoms with van der Waals surface area (Å²) in [5.41, 5.74) is 3.33. The molecule has 1 atom stereocenters. The van der Waals surface area contributed by atoms with Crippen LogP contribution < -0.4 is 5.32 Å². The van der Waals surface area contributed by atoms with E-state index < -0.39 is 0 Å². The number of hydrogen-bond acceptors (Lipinski definition) is 4. The van der Waals surface area contributed by atoms with Gasteiger partial charge in [-0.1, -0.05) is 24.3 Å². The van der Waals surface area contributed by atoms with E-state index >= 15 is 0 Å². The van der Waals surface area contributed by atoms with E-state index in [4.69, 9.17) is 4.74 Å². The molecular formula is C20H25N3O2. The van der Waals surface area contributed by atoms with E-state index in [0.717, 1.165) is 49.5 Å². The normalized spacial score (nSPS) is 16.4. The number of hydrogen-bond donors (Lipinski definition) is 1. The highest BCUT2D eigenvalue weighted by atomic mass is 16.5. The van der Waals surface area contributed by atoms with E-state index in [1.54, 1.807) is 12.4 Å². The minimum atomic E-state index is -0.151. The Morgan fingerprint density at radius 2 is 1.92 bits per heavy atom. The molecule has 0 aliphatic carbocycles. The van der Waals surface area contributed by atoms with Gasteiger partial charge in [0, 0.05) is 38.4 Å². The van der Waals surface area contributed by atoms with Crippen LogP contribution in [0.1, 0.15) is 29.2 Å². The van der Waals surface area contributed by atoms with Crippen LogP contribution in [0, 0.1) is 6.92 Å². The Kier molecular flexibility index (Phi) is 6.14. The first-order valence-electron chi connectivity index (χ1n) is 8.79. The van der Waals surface area contributed by atoms with Gasteiger partial charge < -0.3 is 10.1 Å². The molecule has 5 nitrogen and oxygen atoms in total. The van der Waals surface area contributed by atoms with E-state index in [1.807, 2.05) is 24.3 Å². The fraction of sp³-hybridized carbons (Fsp3) is 0.400. The summed E-state index contributed by atoms with van der Waals surface area (Å²) in [6, 6.07) is 11.9. The molecule has 2 heterocycles. The highest BCUT2D eigenvalue weighted by Crippen LogP contribution is 2.24. The van der Waals surface area contributed by atoms with E-state index in [9.17, 15) is 4.79 Å². The predicted octanol–water partition coefficient (Wildman–Crippen LogP) is 2.32. The lowest BCUT2D eigenvalue weighted by Crippen LogP contribution is -2.39. The molecule has 0 saturated carbocycles. The second-order valence-electron chi connectivity index (χ2n) is 6.34. The average Bonchev–Trinajstić information content (AvgIpc) is 2.67. The third-order valence-electron chi connectivity index (χ3n) is 4.60. The molecule has 132 valence electrons. The van der Waals surface area contributed by atoms with Crippen molar-refractivity contribution in [1.29, 1.82) is 0 Å². The van der Waals surface area contributed by atoms with Crippen LogP contribution >= 0.6 is 0 Å². The molecule has 1 aliphatic heterocycles. The summed E-state index contributed by atoms with van der Waals surface area (Å²) < 4.78 is 5.35. The van der Waals surface area contributed by atoms with Gasteiger partial charge in [-0.25, -0.2) is 0 Å². The summed E-state index contributed by atoms with van der Waals surface area (Å²) in [7, 11) is 0. The Morgan fingerprint density at radius 1 is 1.20 bits per heavy atom. The Balaban J connectivity index is 1.69. The first kappa shape index (κ1) is 17.6. The maximum atomic E-state index is 12.6. The van der Waals surface area contributed by atoms with Crippen LogP contribution in [0.2, 0.25) is 0 Å². The molecule has 3 rings (SSSR count). The summed E-state index contributed by atoms with van der Waals surface area (Å²) in [6.07, 6.45) is 4.02. The molecule has 1 aromatic heterocycles. The summed E-state index contributed by atoms with van der Waals surface area (Å²) in [6.45, 7) is 6.15. The minimum absolute atomic E-state index is 0.0663. The topological polar surface area (TPSA) is 54.5 Å². The highest BCUT2D eigenvalue weighted by molar-refractivity contribution is 5.77. The third-order valence-corrected chi connectivity index (χ3v) is 4.60. The van der Waals surface area contributed by atoms with Crippen molar-refractivity contribution in [2.24, 2.45) is 0 Å². The van der Waals surface area contributed by atoms with Crippen LogP contribution in [0.3, 0.4) is 0 Å². The molecule has 5 heteroatoms. The van der Waals surface area contributed by atoms with Crippen LogP contribution in [0.15, 0.2) is 48.8 Å². The molecular weight excluding hydrogens is 314 g/mol. The Labute approximate surface area is 149 Å². The standard InChI is InChI=1S/C20H25N3O2/c1-16-4-2-3-5-18(16)20(17-6-9-21-10-7-17)22-19(24)8-11-23-12-14-25-15-13-23/h2-7,9-10,20H,8,11-15H2,1H3,(H,22,24)/t20-/m1/s1. The summed E-state index contributed by atoms with van der Waals surface area (Å²) in [5.74, 6) is 0.0663. The number of amides is 1. The lowest BCUT2D eigenvalue weighted by atomic mass is 9.95. The first-order chi connectivity index (χ1) is 12.2. The largest absolute Gasteiger partial charge is 0.379 e. The predicted molar refractivity (Wildman–Crippen MR) is 97.3 cm³/mol. The molecule has 1 aliphatic rings. The fourth-order valence-electron chi connectivity index (χ4n) is 3.12. The second kappa shape index (κ2) is 8.74. The van der Waals surface area contributed by atoms with Crippen molar-refractivity contribution in [1.82, 2.24) is 15.2 Å². The lowest BCUT2D eigenvalue weighted by Gasteiger charge is -2.27. The second-order valence-corrected chi connectivity index (χ2v) is 6.34. The van der Waals surface area contributed by atoms with Gasteiger partial charge >= 0.3 is 0 Å². The number of carbonyl (C=O) groups excluding carboxylic acids is 1. The summed E-state index contributed by atoms with van der Waals surface area (Å²) in [4.78, 5) is 18.9. The number of aromatic nitrogens is 1. The van der Waals surface area contributed by atoms with E-state index in [0.29, 0.717) is 6.42 Å². The van der Waals surface area contributed by atoms with Gasteiger partial charge in [0.05, 0.1) is 19.3 Å². The van der Waals surface area contributed by atoms with E-state index in [-0.39, 0.29) is 11.9 Å². The monoisotopic (exact) mass is 339 g/mol. The molecule has 0 unspecified atom stereocenters. The molecule has 1 saturated heterocycles. The Hall–Kier alpha value is -2.24. The quantitative estimate of drug-likeness (QED) is 0.877. The van der Waals surface area contributed by atoms with Gasteiger partial charge in [-0.05, 0) is 35.7 Å². The number of aryl methyl sites for hydroxylation is 1. The van der Waals surface area contributed by atoms with Gasteiger partial charge in [-0.2, -0.15) is 0 Å². The van der Waals surface area contributed by atoms with Crippen molar-refractivity contribution in [2.75, 3.05) is 32.8 Å². The molecule has 25 heavy (non-hydrogen) atoms. The average molecular weight is 339 g/mol. The molecule has 0 bridgehead atoms. The maximum absolute atomic E-state index is 12.6. The molecule has 1 fully saturated rings. The summed E-state index contributed by atoms with van der Waals surface area (Å²) >= 11 is 0. The molecule has 2 aromatic rings. The van der Waals surface area contributed by atoms with Crippen LogP contribution in [-0.2, 0) is 9.53 Å². The third kappa shape index (κ3) is 4.87. The van der Waals surface area contributed by atoms with Crippen molar-refractivity contribution >= 4 is 5.91 Å². The number of rotatable bonds is 6. The van der Waals surface area contributed by atoms with Gasteiger partial charge in [0.25, 0.3) is 0 Å². The van der Waals surface area contributed by atoms with Crippen LogP contribution in [0.5, 0.6) is 0 Å². The van der Waals surface area contributed by atoms with Crippen molar-refractivity contribution in [3.05, 3.63) is 65.5 Å². The van der Waals surface area contributed by atoms with Crippen molar-refractivity contribution < 1.29 is 9.53 Å². The number of benzene rings is 1. The number of morpholine rings is 1. The first-order valence-corrected chi connectivity index (χ1v) is 8.79. The molecule has 1 N–H and O–H groups in total. The Bertz CT molecular complexity index is 684. The number of nitrogens with zero attached hydrogens (tertiary/aromatic N) is 2. The van der Waals surface area contributed by atoms with Gasteiger partial charge in [0.2, 0.25) is 5.91 Å². The minimum Gasteiger partial charge on any atom is -0.379 e. The van der Waals surface area contributed by atoms with Gasteiger partial charge in [0.1, 0.15) is 0 Å². The zero-order valence-electron chi connectivity index (χ0n) is 14.6. The number of nitrogens with one attached hydrogen (secondary N) is 1. The van der Waals surface area contributed by atoms with Crippen LogP contribution in [-0.4, -0.2) is 48.6 Å². The molecule has 0 radical (unpaired) electrons. The maximum Gasteiger partial charge on any atom is 0.222 e. The van der Waals surface area contributed by atoms with Crippen molar-refractivity contribution in [2.45, 2.75) is 19.4 Å². The summed E-state index contributed by atoms with van der Waals surface area (Å²) in [5, 5.41) is 3.21.